The third kappa shape index (κ3) is 5.93. The molecular weight excluding hydrogens is 342 g/mol. The lowest BCUT2D eigenvalue weighted by Gasteiger charge is -2.18. The molecule has 2 aromatic carbocycles. The zero-order valence-corrected chi connectivity index (χ0v) is 15.3. The zero-order valence-electron chi connectivity index (χ0n) is 15.3. The van der Waals surface area contributed by atoms with Crippen LogP contribution in [0.4, 0.5) is 0 Å². The number of hydrogen-bond donors (Lipinski definition) is 5. The normalized spacial score (nSPS) is 11.6. The standard InChI is InChI=1S/C20H25N5O2/c1-27-25-18(26)12-16(15-3-2-4-17(11-15)20(23)24)10-7-13-5-8-14(9-6-13)19(21)22/h2-6,8-9,11,16H,7,10,12H2,1H3,(H3,21,22)(H3,23,24)(H,25,26). The molecule has 0 aromatic heterocycles. The lowest BCUT2D eigenvalue weighted by Crippen LogP contribution is -2.24. The van der Waals surface area contributed by atoms with Crippen molar-refractivity contribution in [1.29, 1.82) is 10.8 Å². The summed E-state index contributed by atoms with van der Waals surface area (Å²) in [5.74, 6) is -0.219. The van der Waals surface area contributed by atoms with Gasteiger partial charge in [0.25, 0.3) is 0 Å². The highest BCUT2D eigenvalue weighted by molar-refractivity contribution is 5.95. The molecule has 7 N–H and O–H groups in total. The summed E-state index contributed by atoms with van der Waals surface area (Å²) < 4.78 is 0. The van der Waals surface area contributed by atoms with Crippen molar-refractivity contribution in [2.45, 2.75) is 25.2 Å². The van der Waals surface area contributed by atoms with Gasteiger partial charge in [-0.25, -0.2) is 5.48 Å². The van der Waals surface area contributed by atoms with Gasteiger partial charge in [0.15, 0.2) is 0 Å². The van der Waals surface area contributed by atoms with Gasteiger partial charge in [-0.3, -0.25) is 20.5 Å². The van der Waals surface area contributed by atoms with E-state index in [0.717, 1.165) is 24.0 Å². The van der Waals surface area contributed by atoms with Crippen molar-refractivity contribution in [2.24, 2.45) is 11.5 Å². The van der Waals surface area contributed by atoms with Gasteiger partial charge in [-0.15, -0.1) is 0 Å². The van der Waals surface area contributed by atoms with Gasteiger partial charge in [0, 0.05) is 17.5 Å². The summed E-state index contributed by atoms with van der Waals surface area (Å²) in [4.78, 5) is 16.8. The second-order valence-electron chi connectivity index (χ2n) is 6.32. The van der Waals surface area contributed by atoms with Crippen LogP contribution in [0.15, 0.2) is 48.5 Å². The maximum atomic E-state index is 12.0. The molecule has 0 saturated heterocycles. The molecule has 0 aliphatic carbocycles. The van der Waals surface area contributed by atoms with E-state index in [2.05, 4.69) is 5.48 Å². The number of rotatable bonds is 9. The van der Waals surface area contributed by atoms with Gasteiger partial charge in [0.05, 0.1) is 7.11 Å². The number of nitrogens with two attached hydrogens (primary N) is 2. The van der Waals surface area contributed by atoms with Crippen LogP contribution in [-0.2, 0) is 16.1 Å². The minimum Gasteiger partial charge on any atom is -0.384 e. The second-order valence-corrected chi connectivity index (χ2v) is 6.32. The van der Waals surface area contributed by atoms with E-state index in [0.29, 0.717) is 11.1 Å². The van der Waals surface area contributed by atoms with E-state index in [1.54, 1.807) is 6.07 Å². The average Bonchev–Trinajstić information content (AvgIpc) is 2.65. The Labute approximate surface area is 158 Å². The fourth-order valence-electron chi connectivity index (χ4n) is 2.92. The largest absolute Gasteiger partial charge is 0.384 e. The Balaban J connectivity index is 2.16. The van der Waals surface area contributed by atoms with Gasteiger partial charge >= 0.3 is 0 Å². The third-order valence-electron chi connectivity index (χ3n) is 4.36. The highest BCUT2D eigenvalue weighted by Gasteiger charge is 2.17. The molecule has 0 bridgehead atoms. The summed E-state index contributed by atoms with van der Waals surface area (Å²) in [5.41, 5.74) is 16.8. The maximum Gasteiger partial charge on any atom is 0.244 e. The fourth-order valence-corrected chi connectivity index (χ4v) is 2.92. The number of aryl methyl sites for hydroxylation is 1. The molecule has 0 aliphatic rings. The summed E-state index contributed by atoms with van der Waals surface area (Å²) in [5, 5.41) is 15.1. The molecule has 0 radical (unpaired) electrons. The summed E-state index contributed by atoms with van der Waals surface area (Å²) in [6.07, 6.45) is 1.76. The Morgan fingerprint density at radius 1 is 1.07 bits per heavy atom. The molecule has 0 spiro atoms. The van der Waals surface area contributed by atoms with Crippen molar-refractivity contribution in [2.75, 3.05) is 7.11 Å². The van der Waals surface area contributed by atoms with Gasteiger partial charge in [-0.1, -0.05) is 42.5 Å². The molecule has 7 heteroatoms. The summed E-state index contributed by atoms with van der Waals surface area (Å²) in [6, 6.07) is 14.9. The van der Waals surface area contributed by atoms with Gasteiger partial charge in [0.2, 0.25) is 5.91 Å². The van der Waals surface area contributed by atoms with Crippen molar-refractivity contribution in [3.05, 3.63) is 70.8 Å². The molecular formula is C20H25N5O2. The van der Waals surface area contributed by atoms with Crippen LogP contribution >= 0.6 is 0 Å². The predicted octanol–water partition coefficient (Wildman–Crippen LogP) is 2.04. The van der Waals surface area contributed by atoms with Crippen molar-refractivity contribution < 1.29 is 9.63 Å². The van der Waals surface area contributed by atoms with Crippen LogP contribution in [0.1, 0.15) is 41.0 Å². The molecule has 0 heterocycles. The quantitative estimate of drug-likeness (QED) is 0.263. The number of nitrogen functional groups attached to an aromatic ring is 2. The predicted molar refractivity (Wildman–Crippen MR) is 106 cm³/mol. The number of carbonyl (C=O) groups excluding carboxylic acids is 1. The van der Waals surface area contributed by atoms with E-state index < -0.39 is 0 Å². The Morgan fingerprint density at radius 3 is 2.33 bits per heavy atom. The van der Waals surface area contributed by atoms with Crippen LogP contribution in [0.3, 0.4) is 0 Å². The number of hydroxylamine groups is 1. The number of carbonyl (C=O) groups is 1. The van der Waals surface area contributed by atoms with Gasteiger partial charge in [-0.05, 0) is 36.0 Å². The Kier molecular flexibility index (Phi) is 7.08. The van der Waals surface area contributed by atoms with E-state index in [1.165, 1.54) is 7.11 Å². The molecule has 2 rings (SSSR count). The number of hydrogen-bond acceptors (Lipinski definition) is 4. The Morgan fingerprint density at radius 2 is 1.74 bits per heavy atom. The summed E-state index contributed by atoms with van der Waals surface area (Å²) in [6.45, 7) is 0. The molecule has 0 saturated carbocycles. The second kappa shape index (κ2) is 9.49. The van der Waals surface area contributed by atoms with Crippen LogP contribution < -0.4 is 16.9 Å². The molecule has 27 heavy (non-hydrogen) atoms. The topological polar surface area (TPSA) is 138 Å². The minimum absolute atomic E-state index is 0.00300. The Bertz CT molecular complexity index is 817. The maximum absolute atomic E-state index is 12.0. The first-order valence-corrected chi connectivity index (χ1v) is 8.60. The van der Waals surface area contributed by atoms with Crippen LogP contribution in [0.2, 0.25) is 0 Å². The average molecular weight is 367 g/mol. The number of benzene rings is 2. The van der Waals surface area contributed by atoms with Gasteiger partial charge in [0.1, 0.15) is 11.7 Å². The molecule has 0 aliphatic heterocycles. The summed E-state index contributed by atoms with van der Waals surface area (Å²) in [7, 11) is 1.40. The van der Waals surface area contributed by atoms with Crippen molar-refractivity contribution in [3.63, 3.8) is 0 Å². The monoisotopic (exact) mass is 367 g/mol. The minimum atomic E-state index is -0.206. The number of nitrogens with one attached hydrogen (secondary N) is 3. The highest BCUT2D eigenvalue weighted by Crippen LogP contribution is 2.26. The molecule has 0 fully saturated rings. The van der Waals surface area contributed by atoms with E-state index in [9.17, 15) is 4.79 Å². The molecule has 1 atom stereocenters. The van der Waals surface area contributed by atoms with Crippen LogP contribution in [-0.4, -0.2) is 24.7 Å². The van der Waals surface area contributed by atoms with Crippen LogP contribution in [0.25, 0.3) is 0 Å². The number of amidine groups is 2. The lowest BCUT2D eigenvalue weighted by atomic mass is 9.88. The molecule has 7 nitrogen and oxygen atoms in total. The van der Waals surface area contributed by atoms with Crippen LogP contribution in [0, 0.1) is 10.8 Å². The van der Waals surface area contributed by atoms with E-state index in [4.69, 9.17) is 27.1 Å². The van der Waals surface area contributed by atoms with Crippen molar-refractivity contribution >= 4 is 17.6 Å². The highest BCUT2D eigenvalue weighted by atomic mass is 16.6. The SMILES string of the molecule is CONC(=O)CC(CCc1ccc(C(=N)N)cc1)c1cccc(C(=N)N)c1. The smallest absolute Gasteiger partial charge is 0.244 e. The van der Waals surface area contributed by atoms with Gasteiger partial charge in [-0.2, -0.15) is 0 Å². The first-order chi connectivity index (χ1) is 12.9. The molecule has 2 aromatic rings. The third-order valence-corrected chi connectivity index (χ3v) is 4.36. The first-order valence-electron chi connectivity index (χ1n) is 8.60. The molecule has 1 amide bonds. The summed E-state index contributed by atoms with van der Waals surface area (Å²) >= 11 is 0. The number of amides is 1. The van der Waals surface area contributed by atoms with E-state index in [-0.39, 0.29) is 29.9 Å². The lowest BCUT2D eigenvalue weighted by molar-refractivity contribution is -0.131. The van der Waals surface area contributed by atoms with Crippen LogP contribution in [0.5, 0.6) is 0 Å². The van der Waals surface area contributed by atoms with E-state index >= 15 is 0 Å². The van der Waals surface area contributed by atoms with Crippen molar-refractivity contribution in [1.82, 2.24) is 5.48 Å². The zero-order chi connectivity index (χ0) is 19.8. The molecule has 1 unspecified atom stereocenters. The first kappa shape index (κ1) is 20.1. The fraction of sp³-hybridized carbons (Fsp3) is 0.250. The van der Waals surface area contributed by atoms with Crippen molar-refractivity contribution in [3.8, 4) is 0 Å². The Hall–Kier alpha value is -3.19. The van der Waals surface area contributed by atoms with Gasteiger partial charge < -0.3 is 11.5 Å². The van der Waals surface area contributed by atoms with E-state index in [1.807, 2.05) is 42.5 Å². The molecule has 142 valence electrons.